The van der Waals surface area contributed by atoms with Gasteiger partial charge in [0.25, 0.3) is 11.8 Å². The summed E-state index contributed by atoms with van der Waals surface area (Å²) >= 11 is 2.53. The summed E-state index contributed by atoms with van der Waals surface area (Å²) in [6.07, 6.45) is 0.452. The molecular weight excluding hydrogens is 601 g/mol. The fraction of sp³-hybridized carbons (Fsp3) is 0.290. The maximum absolute atomic E-state index is 13.6. The number of methoxy groups -OCH3 is 1. The predicted molar refractivity (Wildman–Crippen MR) is 166 cm³/mol. The van der Waals surface area contributed by atoms with E-state index in [2.05, 4.69) is 25.9 Å². The van der Waals surface area contributed by atoms with Gasteiger partial charge in [-0.2, -0.15) is 0 Å². The lowest BCUT2D eigenvalue weighted by molar-refractivity contribution is -0.139. The van der Waals surface area contributed by atoms with Crippen molar-refractivity contribution in [2.45, 2.75) is 31.5 Å². The maximum atomic E-state index is 13.6. The molecule has 4 amide bonds. The Morgan fingerprint density at radius 1 is 0.886 bits per heavy atom. The third-order valence-corrected chi connectivity index (χ3v) is 8.99. The fourth-order valence-corrected chi connectivity index (χ4v) is 6.44. The molecule has 0 saturated carbocycles. The summed E-state index contributed by atoms with van der Waals surface area (Å²) in [4.78, 5) is 63.6. The monoisotopic (exact) mass is 632 g/mol. The largest absolute Gasteiger partial charge is 0.375 e. The second-order valence-corrected chi connectivity index (χ2v) is 12.1. The van der Waals surface area contributed by atoms with Gasteiger partial charge < -0.3 is 25.6 Å². The lowest BCUT2D eigenvalue weighted by Gasteiger charge is -2.28. The molecule has 1 aliphatic heterocycles. The third kappa shape index (κ3) is 7.73. The number of nitrogens with zero attached hydrogens (tertiary/aromatic N) is 3. The van der Waals surface area contributed by atoms with Crippen LogP contribution in [0, 0.1) is 0 Å². The summed E-state index contributed by atoms with van der Waals surface area (Å²) in [5.74, 6) is -1.68. The van der Waals surface area contributed by atoms with Crippen molar-refractivity contribution in [3.05, 3.63) is 104 Å². The van der Waals surface area contributed by atoms with Gasteiger partial charge in [-0.3, -0.25) is 19.2 Å². The van der Waals surface area contributed by atoms with Crippen molar-refractivity contribution in [1.29, 1.82) is 0 Å². The zero-order chi connectivity index (χ0) is 31.1. The summed E-state index contributed by atoms with van der Waals surface area (Å²) in [6, 6.07) is 17.2. The Hall–Kier alpha value is -4.46. The first-order valence-electron chi connectivity index (χ1n) is 14.0. The van der Waals surface area contributed by atoms with E-state index >= 15 is 0 Å². The van der Waals surface area contributed by atoms with Crippen LogP contribution in [-0.4, -0.2) is 65.3 Å². The first kappa shape index (κ1) is 31.0. The molecule has 11 nitrogen and oxygen atoms in total. The van der Waals surface area contributed by atoms with E-state index in [-0.39, 0.29) is 31.1 Å². The molecule has 0 fully saturated rings. The van der Waals surface area contributed by atoms with Crippen LogP contribution in [-0.2, 0) is 20.7 Å². The van der Waals surface area contributed by atoms with Gasteiger partial charge in [-0.05, 0) is 24.5 Å². The maximum Gasteiger partial charge on any atom is 0.271 e. The van der Waals surface area contributed by atoms with E-state index < -0.39 is 41.8 Å². The smallest absolute Gasteiger partial charge is 0.271 e. The summed E-state index contributed by atoms with van der Waals surface area (Å²) in [6.45, 7) is 1.28. The molecule has 0 spiro atoms. The molecule has 0 saturated heterocycles. The van der Waals surface area contributed by atoms with Gasteiger partial charge in [0, 0.05) is 24.4 Å². The van der Waals surface area contributed by atoms with Crippen molar-refractivity contribution in [3.63, 3.8) is 0 Å². The van der Waals surface area contributed by atoms with Crippen molar-refractivity contribution >= 4 is 46.3 Å². The fourth-order valence-electron chi connectivity index (χ4n) is 4.79. The average molecular weight is 633 g/mol. The minimum atomic E-state index is -0.653. The Morgan fingerprint density at radius 3 is 2.18 bits per heavy atom. The second-order valence-electron chi connectivity index (χ2n) is 10.3. The van der Waals surface area contributed by atoms with Gasteiger partial charge in [0.1, 0.15) is 28.0 Å². The van der Waals surface area contributed by atoms with E-state index in [0.29, 0.717) is 16.4 Å². The van der Waals surface area contributed by atoms with Gasteiger partial charge in [-0.1, -0.05) is 60.7 Å². The molecule has 2 aromatic carbocycles. The second kappa shape index (κ2) is 14.3. The van der Waals surface area contributed by atoms with Crippen LogP contribution in [0.25, 0.3) is 0 Å². The normalized spacial score (nSPS) is 19.7. The molecule has 3 heterocycles. The van der Waals surface area contributed by atoms with Crippen LogP contribution < -0.4 is 16.0 Å². The molecule has 0 radical (unpaired) electrons. The number of hydrogen-bond donors (Lipinski definition) is 3. The molecule has 4 bridgehead atoms. The van der Waals surface area contributed by atoms with E-state index in [1.807, 2.05) is 60.7 Å². The van der Waals surface area contributed by atoms with Crippen LogP contribution in [0.1, 0.15) is 67.2 Å². The Labute approximate surface area is 262 Å². The van der Waals surface area contributed by atoms with E-state index in [9.17, 15) is 19.2 Å². The molecule has 0 unspecified atom stereocenters. The number of aromatic nitrogens is 2. The highest BCUT2D eigenvalue weighted by atomic mass is 32.1. The number of ether oxygens (including phenoxy) is 1. The lowest BCUT2D eigenvalue weighted by atomic mass is 10.1. The molecule has 3 N–H and O–H groups in total. The Morgan fingerprint density at radius 2 is 1.50 bits per heavy atom. The van der Waals surface area contributed by atoms with Gasteiger partial charge in [0.2, 0.25) is 11.8 Å². The topological polar surface area (TPSA) is 143 Å². The van der Waals surface area contributed by atoms with E-state index in [1.54, 1.807) is 17.7 Å². The first-order valence-corrected chi connectivity index (χ1v) is 15.7. The van der Waals surface area contributed by atoms with Crippen molar-refractivity contribution in [1.82, 2.24) is 30.8 Å². The van der Waals surface area contributed by atoms with Crippen LogP contribution in [0.2, 0.25) is 0 Å². The average Bonchev–Trinajstić information content (AvgIpc) is 3.72. The molecule has 13 heteroatoms. The molecule has 44 heavy (non-hydrogen) atoms. The minimum absolute atomic E-state index is 0.0187. The molecule has 1 aliphatic rings. The van der Waals surface area contributed by atoms with Crippen LogP contribution in [0.3, 0.4) is 0 Å². The van der Waals surface area contributed by atoms with Gasteiger partial charge in [-0.15, -0.1) is 22.7 Å². The molecule has 2 aromatic heterocycles. The predicted octanol–water partition coefficient (Wildman–Crippen LogP) is 3.45. The number of amides is 4. The van der Waals surface area contributed by atoms with Crippen molar-refractivity contribution in [3.8, 4) is 0 Å². The van der Waals surface area contributed by atoms with Crippen molar-refractivity contribution in [2.24, 2.45) is 0 Å². The number of benzene rings is 2. The van der Waals surface area contributed by atoms with Crippen LogP contribution in [0.4, 0.5) is 0 Å². The Bertz CT molecular complexity index is 1610. The van der Waals surface area contributed by atoms with Crippen LogP contribution in [0.5, 0.6) is 0 Å². The number of carbonyl (C=O) groups is 4. The zero-order valence-corrected chi connectivity index (χ0v) is 25.8. The van der Waals surface area contributed by atoms with Gasteiger partial charge >= 0.3 is 0 Å². The number of rotatable bonds is 5. The molecule has 228 valence electrons. The van der Waals surface area contributed by atoms with Crippen molar-refractivity contribution < 1.29 is 23.9 Å². The van der Waals surface area contributed by atoms with Gasteiger partial charge in [0.15, 0.2) is 0 Å². The third-order valence-electron chi connectivity index (χ3n) is 7.01. The Balaban J connectivity index is 1.52. The number of hydrogen-bond acceptors (Lipinski definition) is 9. The SMILES string of the molecule is COCC(=O)N1CC(=O)N[C@@H](C)c2nc(cs2)C(=O)N[C@H](Cc2ccccc2)c2nc(cs2)C(=O)N[C@H](c2ccccc2)C1. The molecular formula is C31H32N6O5S2. The van der Waals surface area contributed by atoms with E-state index in [1.165, 1.54) is 34.7 Å². The lowest BCUT2D eigenvalue weighted by Crippen LogP contribution is -2.47. The highest BCUT2D eigenvalue weighted by Gasteiger charge is 2.28. The molecule has 5 rings (SSSR count). The number of nitrogens with one attached hydrogen (secondary N) is 3. The zero-order valence-electron chi connectivity index (χ0n) is 24.2. The van der Waals surface area contributed by atoms with Gasteiger partial charge in [0.05, 0.1) is 24.7 Å². The summed E-state index contributed by atoms with van der Waals surface area (Å²) in [7, 11) is 1.40. The number of fused-ring (bicyclic) bond motifs is 4. The highest BCUT2D eigenvalue weighted by molar-refractivity contribution is 7.10. The Kier molecular flexibility index (Phi) is 10.1. The van der Waals surface area contributed by atoms with Gasteiger partial charge in [-0.25, -0.2) is 9.97 Å². The minimum Gasteiger partial charge on any atom is -0.375 e. The van der Waals surface area contributed by atoms with Crippen molar-refractivity contribution in [2.75, 3.05) is 26.8 Å². The summed E-state index contributed by atoms with van der Waals surface area (Å²) in [5.41, 5.74) is 2.12. The molecule has 4 aromatic rings. The molecule has 0 aliphatic carbocycles. The highest BCUT2D eigenvalue weighted by Crippen LogP contribution is 2.25. The van der Waals surface area contributed by atoms with Crippen LogP contribution >= 0.6 is 22.7 Å². The number of thiazole rings is 2. The molecule has 3 atom stereocenters. The van der Waals surface area contributed by atoms with E-state index in [0.717, 1.165) is 11.1 Å². The van der Waals surface area contributed by atoms with Crippen LogP contribution in [0.15, 0.2) is 71.4 Å². The quantitative estimate of drug-likeness (QED) is 0.306. The summed E-state index contributed by atoms with van der Waals surface area (Å²) < 4.78 is 5.08. The van der Waals surface area contributed by atoms with E-state index in [4.69, 9.17) is 4.74 Å². The standard InChI is InChI=1S/C31H32N6O5S2/c1-19-30-35-24(17-43-30)28(40)33-22(13-20-9-5-3-6-10-20)31-36-25(18-44-31)29(41)34-23(21-11-7-4-8-12-21)14-37(15-26(38)32-19)27(39)16-42-2/h3-12,17-19,22-23H,13-16H2,1-2H3,(H,32,38)(H,33,40)(H,34,41)/t19-,22+,23-/m0/s1. The summed E-state index contributed by atoms with van der Waals surface area (Å²) in [5, 5.41) is 13.3. The first-order chi connectivity index (χ1) is 21.3. The number of carbonyl (C=O) groups excluding carboxylic acids is 4.